The molecule has 0 aliphatic heterocycles. The molecule has 0 saturated carbocycles. The molecule has 0 spiro atoms. The summed E-state index contributed by atoms with van der Waals surface area (Å²) in [5.41, 5.74) is 3.11. The van der Waals surface area contributed by atoms with Crippen LogP contribution in [-0.4, -0.2) is 12.5 Å². The normalized spacial score (nSPS) is 10.2. The predicted molar refractivity (Wildman–Crippen MR) is 89.0 cm³/mol. The van der Waals surface area contributed by atoms with Crippen LogP contribution in [0.5, 0.6) is 0 Å². The van der Waals surface area contributed by atoms with Gasteiger partial charge in [-0.25, -0.2) is 0 Å². The lowest BCUT2D eigenvalue weighted by Gasteiger charge is -2.08. The Labute approximate surface area is 130 Å². The first-order valence-corrected chi connectivity index (χ1v) is 7.43. The second kappa shape index (κ2) is 7.70. The molecule has 21 heavy (non-hydrogen) atoms. The van der Waals surface area contributed by atoms with E-state index in [1.54, 1.807) is 0 Å². The van der Waals surface area contributed by atoms with E-state index in [0.717, 1.165) is 29.4 Å². The van der Waals surface area contributed by atoms with Crippen molar-refractivity contribution in [1.29, 1.82) is 0 Å². The van der Waals surface area contributed by atoms with Gasteiger partial charge in [-0.05, 0) is 48.4 Å². The maximum absolute atomic E-state index is 11.3. The summed E-state index contributed by atoms with van der Waals surface area (Å²) in [6.45, 7) is 2.68. The lowest BCUT2D eigenvalue weighted by molar-refractivity contribution is -0.115. The maximum atomic E-state index is 11.3. The first-order chi connectivity index (χ1) is 10.2. The fourth-order valence-electron chi connectivity index (χ4n) is 1.92. The maximum Gasteiger partial charge on any atom is 0.224 e. The smallest absolute Gasteiger partial charge is 0.224 e. The van der Waals surface area contributed by atoms with Crippen molar-refractivity contribution in [2.75, 3.05) is 17.2 Å². The molecule has 0 heterocycles. The summed E-state index contributed by atoms with van der Waals surface area (Å²) in [7, 11) is 0. The van der Waals surface area contributed by atoms with Gasteiger partial charge in [-0.3, -0.25) is 4.79 Å². The van der Waals surface area contributed by atoms with Crippen LogP contribution in [0.3, 0.4) is 0 Å². The highest BCUT2D eigenvalue weighted by atomic mass is 35.5. The first-order valence-electron chi connectivity index (χ1n) is 7.05. The third-order valence-electron chi connectivity index (χ3n) is 3.15. The molecule has 110 valence electrons. The van der Waals surface area contributed by atoms with E-state index in [4.69, 9.17) is 11.6 Å². The molecule has 2 N–H and O–H groups in total. The summed E-state index contributed by atoms with van der Waals surface area (Å²) in [6.07, 6.45) is 1.42. The van der Waals surface area contributed by atoms with Crippen LogP contribution in [0.1, 0.15) is 18.9 Å². The number of anilines is 2. The lowest BCUT2D eigenvalue weighted by Crippen LogP contribution is -2.09. The number of nitrogens with one attached hydrogen (secondary N) is 2. The number of amides is 1. The van der Waals surface area contributed by atoms with Crippen molar-refractivity contribution < 1.29 is 4.79 Å². The second-order valence-corrected chi connectivity index (χ2v) is 5.22. The van der Waals surface area contributed by atoms with E-state index in [2.05, 4.69) is 10.6 Å². The van der Waals surface area contributed by atoms with Crippen molar-refractivity contribution in [3.63, 3.8) is 0 Å². The largest absolute Gasteiger partial charge is 0.385 e. The molecule has 4 heteroatoms. The van der Waals surface area contributed by atoms with Crippen LogP contribution in [-0.2, 0) is 11.2 Å². The van der Waals surface area contributed by atoms with Crippen molar-refractivity contribution in [3.8, 4) is 0 Å². The highest BCUT2D eigenvalue weighted by Crippen LogP contribution is 2.14. The number of benzene rings is 2. The molecule has 0 saturated heterocycles. The molecule has 0 fully saturated rings. The minimum Gasteiger partial charge on any atom is -0.385 e. The van der Waals surface area contributed by atoms with E-state index >= 15 is 0 Å². The Kier molecular flexibility index (Phi) is 5.64. The fraction of sp³-hybridized carbons (Fsp3) is 0.235. The quantitative estimate of drug-likeness (QED) is 0.833. The van der Waals surface area contributed by atoms with Gasteiger partial charge in [0, 0.05) is 29.4 Å². The number of hydrogen-bond donors (Lipinski definition) is 2. The molecule has 0 atom stereocenters. The summed E-state index contributed by atoms with van der Waals surface area (Å²) in [4.78, 5) is 11.3. The average Bonchev–Trinajstić information content (AvgIpc) is 2.51. The van der Waals surface area contributed by atoms with Crippen LogP contribution in [0.4, 0.5) is 11.4 Å². The van der Waals surface area contributed by atoms with Crippen molar-refractivity contribution in [3.05, 3.63) is 59.1 Å². The molecule has 2 rings (SSSR count). The van der Waals surface area contributed by atoms with Crippen molar-refractivity contribution in [1.82, 2.24) is 0 Å². The topological polar surface area (TPSA) is 41.1 Å². The minimum atomic E-state index is 0.0263. The van der Waals surface area contributed by atoms with Gasteiger partial charge in [0.25, 0.3) is 0 Å². The van der Waals surface area contributed by atoms with Gasteiger partial charge in [0.2, 0.25) is 5.91 Å². The van der Waals surface area contributed by atoms with Crippen LogP contribution in [0.25, 0.3) is 0 Å². The number of carbonyl (C=O) groups excluding carboxylic acids is 1. The number of carbonyl (C=O) groups is 1. The molecule has 0 radical (unpaired) electrons. The minimum absolute atomic E-state index is 0.0263. The van der Waals surface area contributed by atoms with Gasteiger partial charge < -0.3 is 10.6 Å². The molecule has 1 amide bonds. The van der Waals surface area contributed by atoms with Gasteiger partial charge in [-0.1, -0.05) is 30.7 Å². The molecule has 0 bridgehead atoms. The zero-order valence-electron chi connectivity index (χ0n) is 12.0. The molecule has 0 aliphatic carbocycles. The molecular weight excluding hydrogens is 284 g/mol. The van der Waals surface area contributed by atoms with Gasteiger partial charge in [0.1, 0.15) is 0 Å². The number of rotatable bonds is 6. The molecule has 2 aromatic carbocycles. The van der Waals surface area contributed by atoms with Gasteiger partial charge in [-0.2, -0.15) is 0 Å². The van der Waals surface area contributed by atoms with Crippen LogP contribution < -0.4 is 10.6 Å². The Morgan fingerprint density at radius 3 is 2.24 bits per heavy atom. The second-order valence-electron chi connectivity index (χ2n) is 4.78. The summed E-state index contributed by atoms with van der Waals surface area (Å²) in [5, 5.41) is 6.94. The van der Waals surface area contributed by atoms with E-state index < -0.39 is 0 Å². The summed E-state index contributed by atoms with van der Waals surface area (Å²) < 4.78 is 0. The zero-order chi connectivity index (χ0) is 15.1. The third-order valence-corrected chi connectivity index (χ3v) is 3.40. The monoisotopic (exact) mass is 302 g/mol. The molecule has 0 aliphatic rings. The predicted octanol–water partition coefficient (Wildman–Crippen LogP) is 4.34. The van der Waals surface area contributed by atoms with Crippen LogP contribution >= 0.6 is 11.6 Å². The van der Waals surface area contributed by atoms with Gasteiger partial charge in [0.05, 0.1) is 0 Å². The number of halogens is 1. The van der Waals surface area contributed by atoms with E-state index in [0.29, 0.717) is 6.42 Å². The van der Waals surface area contributed by atoms with Crippen LogP contribution in [0.15, 0.2) is 48.5 Å². The summed E-state index contributed by atoms with van der Waals surface area (Å²) >= 11 is 5.86. The molecule has 2 aromatic rings. The fourth-order valence-corrected chi connectivity index (χ4v) is 2.05. The average molecular weight is 303 g/mol. The SMILES string of the molecule is CCC(=O)Nc1ccc(NCCc2ccc(Cl)cc2)cc1. The van der Waals surface area contributed by atoms with Gasteiger partial charge >= 0.3 is 0 Å². The van der Waals surface area contributed by atoms with Crippen molar-refractivity contribution in [2.45, 2.75) is 19.8 Å². The zero-order valence-corrected chi connectivity index (χ0v) is 12.8. The number of hydrogen-bond acceptors (Lipinski definition) is 2. The third kappa shape index (κ3) is 5.12. The summed E-state index contributed by atoms with van der Waals surface area (Å²) in [6, 6.07) is 15.6. The highest BCUT2D eigenvalue weighted by Gasteiger charge is 1.99. The van der Waals surface area contributed by atoms with Gasteiger partial charge in [0.15, 0.2) is 0 Å². The van der Waals surface area contributed by atoms with E-state index in [1.165, 1.54) is 5.56 Å². The van der Waals surface area contributed by atoms with Crippen LogP contribution in [0.2, 0.25) is 5.02 Å². The van der Waals surface area contributed by atoms with Crippen LogP contribution in [0, 0.1) is 0 Å². The Balaban J connectivity index is 1.80. The Morgan fingerprint density at radius 2 is 1.62 bits per heavy atom. The molecule has 0 aromatic heterocycles. The van der Waals surface area contributed by atoms with Gasteiger partial charge in [-0.15, -0.1) is 0 Å². The van der Waals surface area contributed by atoms with Crippen molar-refractivity contribution >= 4 is 28.9 Å². The standard InChI is InChI=1S/C17H19ClN2O/c1-2-17(21)20-16-9-7-15(8-10-16)19-12-11-13-3-5-14(18)6-4-13/h3-10,19H,2,11-12H2,1H3,(H,20,21). The van der Waals surface area contributed by atoms with E-state index in [-0.39, 0.29) is 5.91 Å². The Bertz CT molecular complexity index is 579. The highest BCUT2D eigenvalue weighted by molar-refractivity contribution is 6.30. The van der Waals surface area contributed by atoms with Crippen molar-refractivity contribution in [2.24, 2.45) is 0 Å². The van der Waals surface area contributed by atoms with E-state index in [9.17, 15) is 4.79 Å². The summed E-state index contributed by atoms with van der Waals surface area (Å²) in [5.74, 6) is 0.0263. The Hall–Kier alpha value is -2.00. The Morgan fingerprint density at radius 1 is 1.00 bits per heavy atom. The first kappa shape index (κ1) is 15.4. The molecular formula is C17H19ClN2O. The lowest BCUT2D eigenvalue weighted by atomic mass is 10.1. The molecule has 0 unspecified atom stereocenters. The molecule has 3 nitrogen and oxygen atoms in total. The van der Waals surface area contributed by atoms with E-state index in [1.807, 2.05) is 55.5 Å².